The van der Waals surface area contributed by atoms with E-state index in [2.05, 4.69) is 23.3 Å². The minimum Gasteiger partial charge on any atom is -0.379 e. The zero-order chi connectivity index (χ0) is 14.3. The summed E-state index contributed by atoms with van der Waals surface area (Å²) in [4.78, 5) is 12.0. The number of unbranched alkanes of at least 4 members (excludes halogenated alkanes) is 1. The molecule has 0 aliphatic heterocycles. The van der Waals surface area contributed by atoms with Crippen molar-refractivity contribution >= 4 is 17.3 Å². The van der Waals surface area contributed by atoms with Crippen molar-refractivity contribution in [2.24, 2.45) is 0 Å². The Kier molecular flexibility index (Phi) is 6.44. The minimum atomic E-state index is -0.254. The molecule has 0 amide bonds. The van der Waals surface area contributed by atoms with E-state index < -0.39 is 0 Å². The lowest BCUT2D eigenvalue weighted by molar-refractivity contribution is 0.543. The summed E-state index contributed by atoms with van der Waals surface area (Å²) in [6.45, 7) is 4.68. The van der Waals surface area contributed by atoms with Crippen molar-refractivity contribution < 1.29 is 0 Å². The van der Waals surface area contributed by atoms with Gasteiger partial charge in [0.15, 0.2) is 0 Å². The maximum Gasteiger partial charge on any atom is 0.287 e. The molecule has 5 heteroatoms. The molecular formula is C14H20ClN3O. The number of aryl methyl sites for hydroxylation is 1. The third kappa shape index (κ3) is 4.29. The van der Waals surface area contributed by atoms with E-state index in [0.717, 1.165) is 19.3 Å². The van der Waals surface area contributed by atoms with Gasteiger partial charge >= 0.3 is 0 Å². The van der Waals surface area contributed by atoms with Crippen LogP contribution in [0.4, 0.5) is 5.69 Å². The van der Waals surface area contributed by atoms with Crippen molar-refractivity contribution in [1.29, 1.82) is 0 Å². The Balaban J connectivity index is 2.90. The van der Waals surface area contributed by atoms with E-state index in [9.17, 15) is 4.79 Å². The molecule has 19 heavy (non-hydrogen) atoms. The Labute approximate surface area is 119 Å². The molecule has 0 aliphatic rings. The van der Waals surface area contributed by atoms with Gasteiger partial charge in [-0.05, 0) is 12.8 Å². The van der Waals surface area contributed by atoms with Crippen LogP contribution in [0.2, 0.25) is 5.02 Å². The number of hydrogen-bond acceptors (Lipinski definition) is 3. The molecule has 0 saturated heterocycles. The van der Waals surface area contributed by atoms with E-state index in [1.165, 1.54) is 4.68 Å². The van der Waals surface area contributed by atoms with Crippen LogP contribution in [0.1, 0.15) is 39.5 Å². The van der Waals surface area contributed by atoms with Gasteiger partial charge in [-0.2, -0.15) is 5.10 Å². The van der Waals surface area contributed by atoms with Gasteiger partial charge in [-0.25, -0.2) is 4.68 Å². The van der Waals surface area contributed by atoms with Gasteiger partial charge in [0.1, 0.15) is 5.02 Å². The van der Waals surface area contributed by atoms with Gasteiger partial charge in [-0.15, -0.1) is 12.3 Å². The predicted octanol–water partition coefficient (Wildman–Crippen LogP) is 2.91. The average molecular weight is 282 g/mol. The molecule has 1 N–H and O–H groups in total. The van der Waals surface area contributed by atoms with Gasteiger partial charge in [0.25, 0.3) is 5.56 Å². The van der Waals surface area contributed by atoms with Gasteiger partial charge in [-0.3, -0.25) is 4.79 Å². The van der Waals surface area contributed by atoms with Crippen molar-refractivity contribution in [1.82, 2.24) is 9.78 Å². The number of aromatic nitrogens is 2. The van der Waals surface area contributed by atoms with Crippen LogP contribution in [0.3, 0.4) is 0 Å². The molecule has 1 unspecified atom stereocenters. The molecule has 0 radical (unpaired) electrons. The molecule has 0 fully saturated rings. The lowest BCUT2D eigenvalue weighted by atomic mass is 10.1. The lowest BCUT2D eigenvalue weighted by Crippen LogP contribution is -2.26. The summed E-state index contributed by atoms with van der Waals surface area (Å²) in [6.07, 6.45) is 10.3. The summed E-state index contributed by atoms with van der Waals surface area (Å²) in [6, 6.07) is 0.107. The zero-order valence-corrected chi connectivity index (χ0v) is 12.2. The number of anilines is 1. The average Bonchev–Trinajstić information content (AvgIpc) is 2.42. The molecule has 4 nitrogen and oxygen atoms in total. The maximum atomic E-state index is 12.0. The second kappa shape index (κ2) is 7.85. The topological polar surface area (TPSA) is 46.9 Å². The summed E-state index contributed by atoms with van der Waals surface area (Å²) in [5.41, 5.74) is 0.303. The van der Waals surface area contributed by atoms with E-state index in [0.29, 0.717) is 18.7 Å². The Morgan fingerprint density at radius 2 is 2.32 bits per heavy atom. The first-order valence-corrected chi connectivity index (χ1v) is 6.97. The van der Waals surface area contributed by atoms with E-state index in [1.54, 1.807) is 6.20 Å². The summed E-state index contributed by atoms with van der Waals surface area (Å²) in [5.74, 6) is 2.60. The molecule has 0 saturated carbocycles. The summed E-state index contributed by atoms with van der Waals surface area (Å²) in [5, 5.41) is 7.48. The second-order valence-corrected chi connectivity index (χ2v) is 4.79. The molecule has 1 atom stereocenters. The third-order valence-corrected chi connectivity index (χ3v) is 3.29. The SMILES string of the molecule is C#CCC(CC)Nc1cnn(CCCC)c(=O)c1Cl. The molecule has 0 bridgehead atoms. The molecule has 1 rings (SSSR count). The van der Waals surface area contributed by atoms with Gasteiger partial charge in [0.2, 0.25) is 0 Å². The van der Waals surface area contributed by atoms with Crippen molar-refractivity contribution in [3.05, 3.63) is 21.6 Å². The van der Waals surface area contributed by atoms with Crippen LogP contribution in [-0.2, 0) is 6.54 Å². The fourth-order valence-corrected chi connectivity index (χ4v) is 1.89. The highest BCUT2D eigenvalue weighted by Gasteiger charge is 2.12. The van der Waals surface area contributed by atoms with Gasteiger partial charge in [-0.1, -0.05) is 31.9 Å². The third-order valence-electron chi connectivity index (χ3n) is 2.93. The first kappa shape index (κ1) is 15.6. The highest BCUT2D eigenvalue weighted by molar-refractivity contribution is 6.32. The first-order valence-electron chi connectivity index (χ1n) is 6.59. The first-order chi connectivity index (χ1) is 9.13. The summed E-state index contributed by atoms with van der Waals surface area (Å²) in [7, 11) is 0. The number of rotatable bonds is 7. The predicted molar refractivity (Wildman–Crippen MR) is 79.6 cm³/mol. The molecule has 1 aromatic heterocycles. The van der Waals surface area contributed by atoms with Crippen LogP contribution in [0, 0.1) is 12.3 Å². The van der Waals surface area contributed by atoms with Crippen molar-refractivity contribution in [2.45, 2.75) is 52.1 Å². The Morgan fingerprint density at radius 1 is 1.58 bits per heavy atom. The molecular weight excluding hydrogens is 262 g/mol. The molecule has 0 aromatic carbocycles. The summed E-state index contributed by atoms with van der Waals surface area (Å²) >= 11 is 6.09. The Morgan fingerprint density at radius 3 is 2.89 bits per heavy atom. The number of halogens is 1. The van der Waals surface area contributed by atoms with Gasteiger partial charge in [0, 0.05) is 19.0 Å². The van der Waals surface area contributed by atoms with Crippen LogP contribution in [0.5, 0.6) is 0 Å². The van der Waals surface area contributed by atoms with E-state index in [4.69, 9.17) is 18.0 Å². The van der Waals surface area contributed by atoms with Gasteiger partial charge in [0.05, 0.1) is 11.9 Å². The number of nitrogens with zero attached hydrogens (tertiary/aromatic N) is 2. The maximum absolute atomic E-state index is 12.0. The monoisotopic (exact) mass is 281 g/mol. The van der Waals surface area contributed by atoms with Crippen LogP contribution >= 0.6 is 11.6 Å². The normalized spacial score (nSPS) is 11.9. The highest BCUT2D eigenvalue weighted by Crippen LogP contribution is 2.18. The van der Waals surface area contributed by atoms with Crippen LogP contribution < -0.4 is 10.9 Å². The molecule has 1 aromatic rings. The zero-order valence-electron chi connectivity index (χ0n) is 11.4. The number of hydrogen-bond donors (Lipinski definition) is 1. The van der Waals surface area contributed by atoms with Crippen molar-refractivity contribution in [2.75, 3.05) is 5.32 Å². The van der Waals surface area contributed by atoms with Crippen LogP contribution in [0.25, 0.3) is 0 Å². The number of nitrogens with one attached hydrogen (secondary N) is 1. The lowest BCUT2D eigenvalue weighted by Gasteiger charge is -2.16. The largest absolute Gasteiger partial charge is 0.379 e. The van der Waals surface area contributed by atoms with Crippen molar-refractivity contribution in [3.63, 3.8) is 0 Å². The summed E-state index contributed by atoms with van der Waals surface area (Å²) < 4.78 is 1.40. The standard InChI is InChI=1S/C14H20ClN3O/c1-4-7-9-18-14(19)13(15)12(10-16-18)17-11(6-3)8-5-2/h2,10-11,17H,4,6-9H2,1,3H3. The van der Waals surface area contributed by atoms with Crippen LogP contribution in [-0.4, -0.2) is 15.8 Å². The Hall–Kier alpha value is -1.47. The molecule has 104 valence electrons. The fraction of sp³-hybridized carbons (Fsp3) is 0.571. The fourth-order valence-electron chi connectivity index (χ4n) is 1.69. The molecule has 0 spiro atoms. The molecule has 1 heterocycles. The quantitative estimate of drug-likeness (QED) is 0.782. The Bertz CT molecular complexity index is 504. The van der Waals surface area contributed by atoms with E-state index >= 15 is 0 Å². The smallest absolute Gasteiger partial charge is 0.287 e. The van der Waals surface area contributed by atoms with E-state index in [-0.39, 0.29) is 16.6 Å². The number of terminal acetylenes is 1. The molecule has 0 aliphatic carbocycles. The van der Waals surface area contributed by atoms with Crippen molar-refractivity contribution in [3.8, 4) is 12.3 Å². The minimum absolute atomic E-state index is 0.107. The second-order valence-electron chi connectivity index (χ2n) is 4.41. The van der Waals surface area contributed by atoms with Gasteiger partial charge < -0.3 is 5.32 Å². The van der Waals surface area contributed by atoms with E-state index in [1.807, 2.05) is 6.92 Å². The highest BCUT2D eigenvalue weighted by atomic mass is 35.5. The van der Waals surface area contributed by atoms with Crippen LogP contribution in [0.15, 0.2) is 11.0 Å².